The summed E-state index contributed by atoms with van der Waals surface area (Å²) in [5.41, 5.74) is 3.67. The fraction of sp³-hybridized carbons (Fsp3) is 0.355. The van der Waals surface area contributed by atoms with Gasteiger partial charge in [0.25, 0.3) is 5.91 Å². The van der Waals surface area contributed by atoms with E-state index in [2.05, 4.69) is 37.6 Å². The van der Waals surface area contributed by atoms with Crippen molar-refractivity contribution in [3.05, 3.63) is 89.0 Å². The molecule has 0 saturated carbocycles. The summed E-state index contributed by atoms with van der Waals surface area (Å²) in [7, 11) is 1.56. The van der Waals surface area contributed by atoms with Crippen molar-refractivity contribution in [3.63, 3.8) is 0 Å². The minimum Gasteiger partial charge on any atom is -0.489 e. The standard InChI is InChI=1S/C31H34F3NO5/c1-6-38-28(36)18-11-23-19-25(35(5)29(37)22-9-15-26(16-10-22)40-31(32,33)34)14-17-27(23)39-20-21-7-12-24(13-8-21)30(2,3)4/h7-10,12-17,19H,6,11,18,20H2,1-5H3. The van der Waals surface area contributed by atoms with Crippen molar-refractivity contribution in [3.8, 4) is 11.5 Å². The summed E-state index contributed by atoms with van der Waals surface area (Å²) in [6.45, 7) is 8.77. The highest BCUT2D eigenvalue weighted by atomic mass is 19.4. The van der Waals surface area contributed by atoms with Crippen LogP contribution in [0.15, 0.2) is 66.7 Å². The molecule has 0 bridgehead atoms. The van der Waals surface area contributed by atoms with Crippen LogP contribution < -0.4 is 14.4 Å². The lowest BCUT2D eigenvalue weighted by Gasteiger charge is -2.21. The van der Waals surface area contributed by atoms with Gasteiger partial charge < -0.3 is 19.1 Å². The van der Waals surface area contributed by atoms with Crippen molar-refractivity contribution in [2.75, 3.05) is 18.6 Å². The Kier molecular flexibility index (Phi) is 9.84. The van der Waals surface area contributed by atoms with E-state index in [0.29, 0.717) is 30.0 Å². The third kappa shape index (κ3) is 8.76. The zero-order valence-corrected chi connectivity index (χ0v) is 23.3. The molecule has 3 rings (SSSR count). The van der Waals surface area contributed by atoms with E-state index in [0.717, 1.165) is 17.7 Å². The van der Waals surface area contributed by atoms with Crippen LogP contribution in [0, 0.1) is 0 Å². The van der Waals surface area contributed by atoms with Crippen LogP contribution in [-0.4, -0.2) is 31.9 Å². The number of anilines is 1. The Morgan fingerprint density at radius 2 is 1.55 bits per heavy atom. The van der Waals surface area contributed by atoms with Gasteiger partial charge in [-0.15, -0.1) is 13.2 Å². The number of hydrogen-bond donors (Lipinski definition) is 0. The zero-order chi connectivity index (χ0) is 29.5. The van der Waals surface area contributed by atoms with E-state index >= 15 is 0 Å². The second-order valence-electron chi connectivity index (χ2n) is 10.3. The van der Waals surface area contributed by atoms with Gasteiger partial charge in [-0.05, 0) is 77.9 Å². The molecular weight excluding hydrogens is 523 g/mol. The van der Waals surface area contributed by atoms with Gasteiger partial charge in [0.1, 0.15) is 18.1 Å². The number of aryl methyl sites for hydroxylation is 1. The summed E-state index contributed by atoms with van der Waals surface area (Å²) in [5.74, 6) is -0.616. The lowest BCUT2D eigenvalue weighted by Crippen LogP contribution is -2.26. The molecule has 6 nitrogen and oxygen atoms in total. The van der Waals surface area contributed by atoms with Crippen LogP contribution >= 0.6 is 0 Å². The van der Waals surface area contributed by atoms with Crippen molar-refractivity contribution in [1.82, 2.24) is 0 Å². The lowest BCUT2D eigenvalue weighted by molar-refractivity contribution is -0.274. The molecule has 0 aliphatic carbocycles. The number of rotatable bonds is 10. The maximum Gasteiger partial charge on any atom is 0.573 e. The van der Waals surface area contributed by atoms with Crippen LogP contribution in [0.5, 0.6) is 11.5 Å². The zero-order valence-electron chi connectivity index (χ0n) is 23.3. The van der Waals surface area contributed by atoms with Crippen LogP contribution in [0.25, 0.3) is 0 Å². The SMILES string of the molecule is CCOC(=O)CCc1cc(N(C)C(=O)c2ccc(OC(F)(F)F)cc2)ccc1OCc1ccc(C(C)(C)C)cc1. The first kappa shape index (κ1) is 30.5. The highest BCUT2D eigenvalue weighted by Gasteiger charge is 2.31. The number of hydrogen-bond acceptors (Lipinski definition) is 5. The van der Waals surface area contributed by atoms with Crippen molar-refractivity contribution in [2.45, 2.75) is 58.9 Å². The molecule has 40 heavy (non-hydrogen) atoms. The highest BCUT2D eigenvalue weighted by Crippen LogP contribution is 2.29. The van der Waals surface area contributed by atoms with Gasteiger partial charge in [-0.25, -0.2) is 0 Å². The van der Waals surface area contributed by atoms with Crippen LogP contribution in [0.1, 0.15) is 61.2 Å². The minimum absolute atomic E-state index is 0.0395. The number of ether oxygens (including phenoxy) is 3. The monoisotopic (exact) mass is 557 g/mol. The van der Waals surface area contributed by atoms with E-state index in [1.165, 1.54) is 22.6 Å². The summed E-state index contributed by atoms with van der Waals surface area (Å²) >= 11 is 0. The van der Waals surface area contributed by atoms with Gasteiger partial charge >= 0.3 is 12.3 Å². The summed E-state index contributed by atoms with van der Waals surface area (Å²) < 4.78 is 52.4. The number of amides is 1. The third-order valence-electron chi connectivity index (χ3n) is 6.19. The third-order valence-corrected chi connectivity index (χ3v) is 6.19. The maximum atomic E-state index is 13.1. The Morgan fingerprint density at radius 3 is 2.12 bits per heavy atom. The molecule has 0 N–H and O–H groups in total. The molecule has 0 fully saturated rings. The lowest BCUT2D eigenvalue weighted by atomic mass is 9.87. The largest absolute Gasteiger partial charge is 0.573 e. The Labute approximate surface area is 232 Å². The van der Waals surface area contributed by atoms with E-state index in [1.807, 2.05) is 12.1 Å². The summed E-state index contributed by atoms with van der Waals surface area (Å²) in [6.07, 6.45) is -4.36. The molecule has 0 atom stereocenters. The number of alkyl halides is 3. The van der Waals surface area contributed by atoms with E-state index in [4.69, 9.17) is 9.47 Å². The number of esters is 1. The molecule has 0 saturated heterocycles. The van der Waals surface area contributed by atoms with Gasteiger partial charge in [0.15, 0.2) is 0 Å². The number of halogens is 3. The molecule has 1 amide bonds. The van der Waals surface area contributed by atoms with Gasteiger partial charge in [-0.2, -0.15) is 0 Å². The first-order valence-corrected chi connectivity index (χ1v) is 12.9. The van der Waals surface area contributed by atoms with Gasteiger partial charge in [-0.1, -0.05) is 45.0 Å². The molecule has 9 heteroatoms. The molecule has 0 unspecified atom stereocenters. The Morgan fingerprint density at radius 1 is 0.900 bits per heavy atom. The van der Waals surface area contributed by atoms with E-state index < -0.39 is 18.0 Å². The predicted octanol–water partition coefficient (Wildman–Crippen LogP) is 7.23. The summed E-state index contributed by atoms with van der Waals surface area (Å²) in [6, 6.07) is 18.1. The average Bonchev–Trinajstić information content (AvgIpc) is 2.89. The number of carbonyl (C=O) groups excluding carboxylic acids is 2. The van der Waals surface area contributed by atoms with Crippen LogP contribution in [-0.2, 0) is 28.0 Å². The second kappa shape index (κ2) is 12.9. The molecular formula is C31H34F3NO5. The molecule has 0 aromatic heterocycles. The fourth-order valence-electron chi connectivity index (χ4n) is 3.95. The fourth-order valence-corrected chi connectivity index (χ4v) is 3.95. The van der Waals surface area contributed by atoms with Gasteiger partial charge in [0, 0.05) is 24.7 Å². The van der Waals surface area contributed by atoms with Crippen molar-refractivity contribution >= 4 is 17.6 Å². The maximum absolute atomic E-state index is 13.1. The first-order chi connectivity index (χ1) is 18.8. The second-order valence-corrected chi connectivity index (χ2v) is 10.3. The van der Waals surface area contributed by atoms with Crippen LogP contribution in [0.4, 0.5) is 18.9 Å². The van der Waals surface area contributed by atoms with Crippen molar-refractivity contribution < 1.29 is 37.0 Å². The highest BCUT2D eigenvalue weighted by molar-refractivity contribution is 6.05. The summed E-state index contributed by atoms with van der Waals surface area (Å²) in [5, 5.41) is 0. The molecule has 3 aromatic carbocycles. The quantitative estimate of drug-likeness (QED) is 0.246. The minimum atomic E-state index is -4.82. The smallest absolute Gasteiger partial charge is 0.489 e. The van der Waals surface area contributed by atoms with Gasteiger partial charge in [-0.3, -0.25) is 9.59 Å². The Balaban J connectivity index is 1.79. The Hall–Kier alpha value is -4.01. The molecule has 0 aliphatic heterocycles. The van der Waals surface area contributed by atoms with E-state index in [1.54, 1.807) is 32.2 Å². The Bertz CT molecular complexity index is 1300. The molecule has 214 valence electrons. The number of benzene rings is 3. The molecule has 3 aromatic rings. The first-order valence-electron chi connectivity index (χ1n) is 12.9. The predicted molar refractivity (Wildman–Crippen MR) is 147 cm³/mol. The normalized spacial score (nSPS) is 11.6. The van der Waals surface area contributed by atoms with Crippen LogP contribution in [0.2, 0.25) is 0 Å². The molecule has 0 spiro atoms. The molecule has 0 radical (unpaired) electrons. The van der Waals surface area contributed by atoms with Crippen LogP contribution in [0.3, 0.4) is 0 Å². The summed E-state index contributed by atoms with van der Waals surface area (Å²) in [4.78, 5) is 26.5. The van der Waals surface area contributed by atoms with Gasteiger partial charge in [0.2, 0.25) is 0 Å². The number of nitrogens with zero attached hydrogens (tertiary/aromatic N) is 1. The molecule has 0 aliphatic rings. The van der Waals surface area contributed by atoms with E-state index in [9.17, 15) is 22.8 Å². The topological polar surface area (TPSA) is 65.1 Å². The van der Waals surface area contributed by atoms with Crippen molar-refractivity contribution in [2.24, 2.45) is 0 Å². The average molecular weight is 558 g/mol. The molecule has 0 heterocycles. The van der Waals surface area contributed by atoms with Gasteiger partial charge in [0.05, 0.1) is 6.61 Å². The van der Waals surface area contributed by atoms with E-state index in [-0.39, 0.29) is 30.0 Å². The van der Waals surface area contributed by atoms with Crippen molar-refractivity contribution in [1.29, 1.82) is 0 Å². The number of carbonyl (C=O) groups is 2.